The maximum absolute atomic E-state index is 11.7. The Morgan fingerprint density at radius 2 is 1.74 bits per heavy atom. The molecule has 23 heavy (non-hydrogen) atoms. The first-order valence-corrected chi connectivity index (χ1v) is 9.11. The van der Waals surface area contributed by atoms with Crippen molar-refractivity contribution < 1.29 is 8.42 Å². The molecule has 0 saturated heterocycles. The highest BCUT2D eigenvalue weighted by molar-refractivity contribution is 7.89. The van der Waals surface area contributed by atoms with Gasteiger partial charge in [0.2, 0.25) is 10.0 Å². The summed E-state index contributed by atoms with van der Waals surface area (Å²) in [7, 11) is -2.03. The number of thiazole rings is 1. The van der Waals surface area contributed by atoms with Crippen LogP contribution in [0.25, 0.3) is 11.3 Å². The van der Waals surface area contributed by atoms with E-state index in [1.165, 1.54) is 18.4 Å². The van der Waals surface area contributed by atoms with Crippen molar-refractivity contribution in [2.45, 2.75) is 4.90 Å². The molecule has 2 heterocycles. The number of aromatic nitrogens is 2. The van der Waals surface area contributed by atoms with E-state index in [1.54, 1.807) is 36.7 Å². The minimum absolute atomic E-state index is 0.224. The zero-order chi connectivity index (χ0) is 16.3. The normalized spacial score (nSPS) is 11.3. The minimum atomic E-state index is -3.42. The summed E-state index contributed by atoms with van der Waals surface area (Å²) < 4.78 is 25.7. The maximum Gasteiger partial charge on any atom is 0.240 e. The summed E-state index contributed by atoms with van der Waals surface area (Å²) in [6, 6.07) is 10.3. The molecule has 3 rings (SSSR count). The number of hydrogen-bond acceptors (Lipinski definition) is 6. The van der Waals surface area contributed by atoms with Crippen LogP contribution in [0.1, 0.15) is 0 Å². The zero-order valence-electron chi connectivity index (χ0n) is 12.2. The summed E-state index contributed by atoms with van der Waals surface area (Å²) in [6.07, 6.45) is 3.45. The highest BCUT2D eigenvalue weighted by Gasteiger charge is 2.11. The van der Waals surface area contributed by atoms with Gasteiger partial charge in [-0.25, -0.2) is 18.1 Å². The molecule has 3 aromatic rings. The lowest BCUT2D eigenvalue weighted by atomic mass is 10.2. The molecule has 0 unspecified atom stereocenters. The van der Waals surface area contributed by atoms with E-state index in [4.69, 9.17) is 0 Å². The van der Waals surface area contributed by atoms with Gasteiger partial charge in [0.05, 0.1) is 10.6 Å². The van der Waals surface area contributed by atoms with E-state index in [2.05, 4.69) is 20.0 Å². The van der Waals surface area contributed by atoms with Gasteiger partial charge < -0.3 is 5.32 Å². The second kappa shape index (κ2) is 6.45. The van der Waals surface area contributed by atoms with E-state index in [0.717, 1.165) is 22.1 Å². The second-order valence-corrected chi connectivity index (χ2v) is 7.38. The number of rotatable bonds is 5. The van der Waals surface area contributed by atoms with Gasteiger partial charge >= 0.3 is 0 Å². The third-order valence-electron chi connectivity index (χ3n) is 3.16. The van der Waals surface area contributed by atoms with Crippen molar-refractivity contribution in [2.75, 3.05) is 12.4 Å². The van der Waals surface area contributed by atoms with Crippen LogP contribution < -0.4 is 10.0 Å². The molecular formula is C15H14N4O2S2. The molecule has 0 aliphatic rings. The van der Waals surface area contributed by atoms with Crippen LogP contribution in [0, 0.1) is 0 Å². The number of nitrogens with one attached hydrogen (secondary N) is 2. The van der Waals surface area contributed by atoms with Crippen molar-refractivity contribution in [1.29, 1.82) is 0 Å². The molecule has 0 saturated carbocycles. The van der Waals surface area contributed by atoms with E-state index in [9.17, 15) is 8.42 Å². The fraction of sp³-hybridized carbons (Fsp3) is 0.0667. The number of anilines is 2. The van der Waals surface area contributed by atoms with Gasteiger partial charge in [-0.15, -0.1) is 11.3 Å². The Morgan fingerprint density at radius 1 is 1.04 bits per heavy atom. The van der Waals surface area contributed by atoms with Crippen LogP contribution in [0.4, 0.5) is 10.8 Å². The van der Waals surface area contributed by atoms with E-state index in [-0.39, 0.29) is 4.90 Å². The molecule has 118 valence electrons. The highest BCUT2D eigenvalue weighted by Crippen LogP contribution is 2.27. The largest absolute Gasteiger partial charge is 0.332 e. The zero-order valence-corrected chi connectivity index (χ0v) is 13.9. The van der Waals surface area contributed by atoms with E-state index < -0.39 is 10.0 Å². The highest BCUT2D eigenvalue weighted by atomic mass is 32.2. The molecule has 8 heteroatoms. The predicted molar refractivity (Wildman–Crippen MR) is 91.3 cm³/mol. The topological polar surface area (TPSA) is 84.0 Å². The van der Waals surface area contributed by atoms with Crippen molar-refractivity contribution in [1.82, 2.24) is 14.7 Å². The third-order valence-corrected chi connectivity index (χ3v) is 5.35. The quantitative estimate of drug-likeness (QED) is 0.742. The molecule has 0 aliphatic heterocycles. The fourth-order valence-electron chi connectivity index (χ4n) is 1.95. The van der Waals surface area contributed by atoms with Crippen molar-refractivity contribution in [3.8, 4) is 11.3 Å². The predicted octanol–water partition coefficient (Wildman–Crippen LogP) is 2.86. The number of pyridine rings is 1. The summed E-state index contributed by atoms with van der Waals surface area (Å²) in [6.45, 7) is 0. The van der Waals surface area contributed by atoms with Crippen LogP contribution in [0.5, 0.6) is 0 Å². The van der Waals surface area contributed by atoms with Crippen molar-refractivity contribution in [2.24, 2.45) is 0 Å². The molecule has 1 aromatic carbocycles. The van der Waals surface area contributed by atoms with Crippen LogP contribution in [-0.4, -0.2) is 25.4 Å². The van der Waals surface area contributed by atoms with Crippen LogP contribution >= 0.6 is 11.3 Å². The summed E-state index contributed by atoms with van der Waals surface area (Å²) >= 11 is 1.48. The van der Waals surface area contributed by atoms with Gasteiger partial charge in [-0.1, -0.05) is 0 Å². The molecule has 6 nitrogen and oxygen atoms in total. The third kappa shape index (κ3) is 3.55. The Kier molecular flexibility index (Phi) is 4.37. The van der Waals surface area contributed by atoms with Gasteiger partial charge in [0, 0.05) is 29.0 Å². The Labute approximate surface area is 138 Å². The minimum Gasteiger partial charge on any atom is -0.332 e. The molecule has 0 bridgehead atoms. The molecule has 0 radical (unpaired) electrons. The second-order valence-electron chi connectivity index (χ2n) is 4.63. The first-order valence-electron chi connectivity index (χ1n) is 6.75. The monoisotopic (exact) mass is 346 g/mol. The number of nitrogens with zero attached hydrogens (tertiary/aromatic N) is 2. The molecular weight excluding hydrogens is 332 g/mol. The maximum atomic E-state index is 11.7. The Bertz CT molecular complexity index is 891. The lowest BCUT2D eigenvalue weighted by Gasteiger charge is -2.05. The molecule has 2 N–H and O–H groups in total. The Morgan fingerprint density at radius 3 is 2.39 bits per heavy atom. The molecule has 0 atom stereocenters. The Balaban J connectivity index is 1.77. The van der Waals surface area contributed by atoms with Gasteiger partial charge in [-0.3, -0.25) is 4.98 Å². The molecule has 0 amide bonds. The van der Waals surface area contributed by atoms with Crippen molar-refractivity contribution >= 4 is 32.2 Å². The van der Waals surface area contributed by atoms with Gasteiger partial charge in [-0.2, -0.15) is 0 Å². The Hall–Kier alpha value is -2.29. The van der Waals surface area contributed by atoms with E-state index >= 15 is 0 Å². The van der Waals surface area contributed by atoms with Crippen LogP contribution in [0.2, 0.25) is 0 Å². The van der Waals surface area contributed by atoms with Crippen LogP contribution in [0.15, 0.2) is 59.1 Å². The van der Waals surface area contributed by atoms with E-state index in [1.807, 2.05) is 17.5 Å². The van der Waals surface area contributed by atoms with Gasteiger partial charge in [0.1, 0.15) is 0 Å². The van der Waals surface area contributed by atoms with E-state index in [0.29, 0.717) is 0 Å². The van der Waals surface area contributed by atoms with Crippen molar-refractivity contribution in [3.63, 3.8) is 0 Å². The number of benzene rings is 1. The first kappa shape index (κ1) is 15.6. The first-order chi connectivity index (χ1) is 11.1. The van der Waals surface area contributed by atoms with Crippen LogP contribution in [0.3, 0.4) is 0 Å². The SMILES string of the molecule is CNS(=O)(=O)c1ccc(Nc2nc(-c3ccncc3)cs2)cc1. The van der Waals surface area contributed by atoms with Gasteiger partial charge in [0.15, 0.2) is 5.13 Å². The standard InChI is InChI=1S/C15H14N4O2S2/c1-16-23(20,21)13-4-2-12(3-5-13)18-15-19-14(10-22-15)11-6-8-17-9-7-11/h2-10,16H,1H3,(H,18,19). The molecule has 0 spiro atoms. The summed E-state index contributed by atoms with van der Waals surface area (Å²) in [4.78, 5) is 8.72. The lowest BCUT2D eigenvalue weighted by molar-refractivity contribution is 0.588. The lowest BCUT2D eigenvalue weighted by Crippen LogP contribution is -2.18. The summed E-state index contributed by atoms with van der Waals surface area (Å²) in [5, 5.41) is 5.86. The van der Waals surface area contributed by atoms with Gasteiger partial charge in [-0.05, 0) is 43.4 Å². The number of sulfonamides is 1. The number of hydrogen-bond donors (Lipinski definition) is 2. The van der Waals surface area contributed by atoms with Crippen LogP contribution in [-0.2, 0) is 10.0 Å². The average Bonchev–Trinajstić information content (AvgIpc) is 3.05. The molecule has 0 fully saturated rings. The van der Waals surface area contributed by atoms with Gasteiger partial charge in [0.25, 0.3) is 0 Å². The smallest absolute Gasteiger partial charge is 0.240 e. The fourth-order valence-corrected chi connectivity index (χ4v) is 3.42. The molecule has 2 aromatic heterocycles. The summed E-state index contributed by atoms with van der Waals surface area (Å²) in [5.74, 6) is 0. The average molecular weight is 346 g/mol. The summed E-state index contributed by atoms with van der Waals surface area (Å²) in [5.41, 5.74) is 2.64. The molecule has 0 aliphatic carbocycles. The van der Waals surface area contributed by atoms with Crippen molar-refractivity contribution in [3.05, 3.63) is 54.2 Å².